The predicted octanol–water partition coefficient (Wildman–Crippen LogP) is 2.42. The van der Waals surface area contributed by atoms with E-state index in [2.05, 4.69) is 5.32 Å². The van der Waals surface area contributed by atoms with Gasteiger partial charge in [0.15, 0.2) is 18.1 Å². The molecule has 1 aliphatic rings. The third kappa shape index (κ3) is 5.20. The molecule has 160 valence electrons. The van der Waals surface area contributed by atoms with E-state index in [9.17, 15) is 19.2 Å². The molecule has 0 unspecified atom stereocenters. The Kier molecular flexibility index (Phi) is 6.56. The van der Waals surface area contributed by atoms with Crippen molar-refractivity contribution in [1.29, 1.82) is 0 Å². The first kappa shape index (κ1) is 21.8. The lowest BCUT2D eigenvalue weighted by Gasteiger charge is -2.16. The van der Waals surface area contributed by atoms with Crippen LogP contribution in [0.1, 0.15) is 11.1 Å². The third-order valence-electron chi connectivity index (χ3n) is 4.27. The summed E-state index contributed by atoms with van der Waals surface area (Å²) in [6.45, 7) is 1.55. The lowest BCUT2D eigenvalue weighted by atomic mass is 10.1. The summed E-state index contributed by atoms with van der Waals surface area (Å²) in [5, 5.41) is 6.80. The van der Waals surface area contributed by atoms with Gasteiger partial charge < -0.3 is 14.8 Å². The Bertz CT molecular complexity index is 1090. The quantitative estimate of drug-likeness (QED) is 0.465. The van der Waals surface area contributed by atoms with Crippen LogP contribution in [0.3, 0.4) is 0 Å². The van der Waals surface area contributed by atoms with E-state index in [1.165, 1.54) is 25.3 Å². The van der Waals surface area contributed by atoms with E-state index >= 15 is 0 Å². The maximum atomic E-state index is 12.2. The predicted molar refractivity (Wildman–Crippen MR) is 113 cm³/mol. The summed E-state index contributed by atoms with van der Waals surface area (Å²) in [6, 6.07) is 9.32. The van der Waals surface area contributed by atoms with Gasteiger partial charge in [-0.2, -0.15) is 0 Å². The van der Waals surface area contributed by atoms with Crippen LogP contribution >= 0.6 is 11.6 Å². The Labute approximate surface area is 182 Å². The second-order valence-corrected chi connectivity index (χ2v) is 6.89. The fourth-order valence-electron chi connectivity index (χ4n) is 2.77. The van der Waals surface area contributed by atoms with Crippen molar-refractivity contribution in [2.75, 3.05) is 19.0 Å². The van der Waals surface area contributed by atoms with Crippen LogP contribution in [-0.4, -0.2) is 37.5 Å². The summed E-state index contributed by atoms with van der Waals surface area (Å²) in [6.07, 6.45) is 1.25. The first-order valence-corrected chi connectivity index (χ1v) is 9.40. The third-order valence-corrected chi connectivity index (χ3v) is 4.55. The number of imide groups is 2. The van der Waals surface area contributed by atoms with Gasteiger partial charge in [0.2, 0.25) is 0 Å². The number of aryl methyl sites for hydroxylation is 1. The van der Waals surface area contributed by atoms with Crippen molar-refractivity contribution in [1.82, 2.24) is 10.6 Å². The van der Waals surface area contributed by atoms with Crippen LogP contribution in [0, 0.1) is 6.92 Å². The molecular weight excluding hydrogens is 426 g/mol. The van der Waals surface area contributed by atoms with Crippen LogP contribution in [0.15, 0.2) is 42.0 Å². The van der Waals surface area contributed by atoms with Crippen molar-refractivity contribution in [2.24, 2.45) is 0 Å². The molecule has 0 radical (unpaired) electrons. The summed E-state index contributed by atoms with van der Waals surface area (Å²) in [7, 11) is 1.38. The fraction of sp³-hybridized carbons (Fsp3) is 0.143. The van der Waals surface area contributed by atoms with Gasteiger partial charge in [-0.1, -0.05) is 29.8 Å². The Balaban J connectivity index is 1.77. The number of barbiturate groups is 1. The van der Waals surface area contributed by atoms with Crippen LogP contribution in [0.25, 0.3) is 6.08 Å². The van der Waals surface area contributed by atoms with Crippen LogP contribution in [0.2, 0.25) is 5.02 Å². The number of benzene rings is 2. The van der Waals surface area contributed by atoms with Crippen molar-refractivity contribution < 1.29 is 28.7 Å². The highest BCUT2D eigenvalue weighted by molar-refractivity contribution is 6.33. The number of hydrogen-bond acceptors (Lipinski definition) is 6. The number of para-hydroxylation sites is 1. The average molecular weight is 444 g/mol. The van der Waals surface area contributed by atoms with Crippen molar-refractivity contribution in [3.8, 4) is 11.5 Å². The Morgan fingerprint density at radius 2 is 1.81 bits per heavy atom. The number of methoxy groups -OCH3 is 1. The minimum absolute atomic E-state index is 0.0996. The second-order valence-electron chi connectivity index (χ2n) is 6.48. The van der Waals surface area contributed by atoms with Crippen LogP contribution in [0.5, 0.6) is 11.5 Å². The van der Waals surface area contributed by atoms with Gasteiger partial charge in [-0.15, -0.1) is 0 Å². The second kappa shape index (κ2) is 9.31. The Hall–Kier alpha value is -3.85. The van der Waals surface area contributed by atoms with Gasteiger partial charge in [-0.3, -0.25) is 25.0 Å². The summed E-state index contributed by atoms with van der Waals surface area (Å²) in [5.41, 5.74) is 1.65. The number of halogens is 1. The molecular formula is C21H18ClN3O6. The first-order valence-electron chi connectivity index (χ1n) is 9.02. The summed E-state index contributed by atoms with van der Waals surface area (Å²) in [5.74, 6) is -1.75. The van der Waals surface area contributed by atoms with Gasteiger partial charge in [0, 0.05) is 5.69 Å². The van der Waals surface area contributed by atoms with Gasteiger partial charge in [0.05, 0.1) is 12.1 Å². The van der Waals surface area contributed by atoms with Gasteiger partial charge >= 0.3 is 6.03 Å². The molecule has 10 heteroatoms. The molecule has 3 N–H and O–H groups in total. The molecule has 0 atom stereocenters. The highest BCUT2D eigenvalue weighted by Gasteiger charge is 2.28. The lowest BCUT2D eigenvalue weighted by molar-refractivity contribution is -0.124. The van der Waals surface area contributed by atoms with Crippen molar-refractivity contribution >= 4 is 47.1 Å². The number of nitrogens with one attached hydrogen (secondary N) is 3. The number of carbonyl (C=O) groups excluding carboxylic acids is 4. The SMILES string of the molecule is COc1cc(C=C2C(=O)NC(=O)NC2=O)cc(Cl)c1OCC(=O)Nc1ccccc1C. The minimum Gasteiger partial charge on any atom is -0.493 e. The summed E-state index contributed by atoms with van der Waals surface area (Å²) >= 11 is 6.27. The van der Waals surface area contributed by atoms with Gasteiger partial charge in [-0.05, 0) is 42.3 Å². The molecule has 1 aliphatic heterocycles. The number of ether oxygens (including phenoxy) is 2. The van der Waals surface area contributed by atoms with E-state index in [4.69, 9.17) is 21.1 Å². The molecule has 2 aromatic rings. The zero-order chi connectivity index (χ0) is 22.5. The summed E-state index contributed by atoms with van der Waals surface area (Å²) in [4.78, 5) is 47.2. The van der Waals surface area contributed by atoms with E-state index in [1.54, 1.807) is 12.1 Å². The Morgan fingerprint density at radius 3 is 2.45 bits per heavy atom. The highest BCUT2D eigenvalue weighted by atomic mass is 35.5. The fourth-order valence-corrected chi connectivity index (χ4v) is 3.05. The Morgan fingerprint density at radius 1 is 1.13 bits per heavy atom. The molecule has 5 amide bonds. The van der Waals surface area contributed by atoms with Crippen LogP contribution in [0.4, 0.5) is 10.5 Å². The standard InChI is InChI=1S/C21H18ClN3O6/c1-11-5-3-4-6-15(11)23-17(26)10-31-18-14(22)8-12(9-16(18)30-2)7-13-19(27)24-21(29)25-20(13)28/h3-9H,10H2,1-2H3,(H,23,26)(H2,24,25,27,28,29). The molecule has 0 aliphatic carbocycles. The van der Waals surface area contributed by atoms with Crippen molar-refractivity contribution in [3.05, 3.63) is 58.1 Å². The zero-order valence-electron chi connectivity index (χ0n) is 16.6. The van der Waals surface area contributed by atoms with E-state index in [1.807, 2.05) is 29.7 Å². The van der Waals surface area contributed by atoms with E-state index < -0.39 is 17.8 Å². The molecule has 9 nitrogen and oxygen atoms in total. The number of urea groups is 1. The molecule has 1 fully saturated rings. The normalized spacial score (nSPS) is 13.3. The topological polar surface area (TPSA) is 123 Å². The van der Waals surface area contributed by atoms with Crippen LogP contribution < -0.4 is 25.4 Å². The van der Waals surface area contributed by atoms with E-state index in [0.717, 1.165) is 5.56 Å². The molecule has 31 heavy (non-hydrogen) atoms. The lowest BCUT2D eigenvalue weighted by Crippen LogP contribution is -2.51. The maximum Gasteiger partial charge on any atom is 0.328 e. The van der Waals surface area contributed by atoms with E-state index in [-0.39, 0.29) is 34.6 Å². The maximum absolute atomic E-state index is 12.2. The van der Waals surface area contributed by atoms with Crippen molar-refractivity contribution in [2.45, 2.75) is 6.92 Å². The van der Waals surface area contributed by atoms with E-state index in [0.29, 0.717) is 11.3 Å². The number of rotatable bonds is 6. The van der Waals surface area contributed by atoms with Gasteiger partial charge in [0.1, 0.15) is 5.57 Å². The number of amides is 5. The first-order chi connectivity index (χ1) is 14.8. The number of anilines is 1. The molecule has 1 saturated heterocycles. The molecule has 0 aromatic heterocycles. The molecule has 0 spiro atoms. The summed E-state index contributed by atoms with van der Waals surface area (Å²) < 4.78 is 10.8. The minimum atomic E-state index is -0.893. The largest absolute Gasteiger partial charge is 0.493 e. The smallest absolute Gasteiger partial charge is 0.328 e. The van der Waals surface area contributed by atoms with Gasteiger partial charge in [0.25, 0.3) is 17.7 Å². The molecule has 1 heterocycles. The monoisotopic (exact) mass is 443 g/mol. The molecule has 0 bridgehead atoms. The molecule has 0 saturated carbocycles. The number of carbonyl (C=O) groups is 4. The van der Waals surface area contributed by atoms with Crippen LogP contribution in [-0.2, 0) is 14.4 Å². The highest BCUT2D eigenvalue weighted by Crippen LogP contribution is 2.37. The average Bonchev–Trinajstić information content (AvgIpc) is 2.71. The molecule has 2 aromatic carbocycles. The number of hydrogen-bond donors (Lipinski definition) is 3. The zero-order valence-corrected chi connectivity index (χ0v) is 17.3. The van der Waals surface area contributed by atoms with Crippen molar-refractivity contribution in [3.63, 3.8) is 0 Å². The van der Waals surface area contributed by atoms with Gasteiger partial charge in [-0.25, -0.2) is 4.79 Å². The molecule has 3 rings (SSSR count).